The quantitative estimate of drug-likeness (QED) is 0.570. The molecule has 2 N–H and O–H groups in total. The zero-order valence-corrected chi connectivity index (χ0v) is 17.4. The number of nitrogens with zero attached hydrogens (tertiary/aromatic N) is 3. The largest absolute Gasteiger partial charge is 0.469 e. The van der Waals surface area contributed by atoms with Crippen molar-refractivity contribution in [3.05, 3.63) is 76.6 Å². The maximum Gasteiger partial charge on any atom is 0.251 e. The van der Waals surface area contributed by atoms with E-state index >= 15 is 0 Å². The summed E-state index contributed by atoms with van der Waals surface area (Å²) in [5.41, 5.74) is 0.867. The van der Waals surface area contributed by atoms with Gasteiger partial charge >= 0.3 is 0 Å². The van der Waals surface area contributed by atoms with Crippen molar-refractivity contribution in [2.75, 3.05) is 19.6 Å². The fourth-order valence-electron chi connectivity index (χ4n) is 5.12. The van der Waals surface area contributed by atoms with E-state index in [0.717, 1.165) is 49.6 Å². The van der Waals surface area contributed by atoms with Crippen molar-refractivity contribution < 1.29 is 9.21 Å². The first-order chi connectivity index (χ1) is 15.2. The molecule has 162 valence electrons. The van der Waals surface area contributed by atoms with Crippen LogP contribution in [-0.4, -0.2) is 45.0 Å². The monoisotopic (exact) mass is 421 g/mol. The summed E-state index contributed by atoms with van der Waals surface area (Å²) in [7, 11) is 0. The molecule has 5 rings (SSSR count). The molecule has 1 fully saturated rings. The molecule has 1 amide bonds. The van der Waals surface area contributed by atoms with Gasteiger partial charge in [0.1, 0.15) is 17.6 Å². The molecule has 3 aromatic heterocycles. The second-order valence-corrected chi connectivity index (χ2v) is 8.50. The number of amides is 1. The predicted octanol–water partition coefficient (Wildman–Crippen LogP) is 2.07. The SMILES string of the molecule is O=C(NCCCc1ccco1)[C@H]1[C@@H]2C[C@@H](CN(Cc3ncc[nH]3)C2)c2cccc(=O)n21. The van der Waals surface area contributed by atoms with Gasteiger partial charge in [0, 0.05) is 62.0 Å². The molecule has 5 heterocycles. The molecule has 2 bridgehead atoms. The number of furan rings is 1. The minimum atomic E-state index is -0.483. The Morgan fingerprint density at radius 2 is 2.19 bits per heavy atom. The lowest BCUT2D eigenvalue weighted by molar-refractivity contribution is -0.127. The van der Waals surface area contributed by atoms with Gasteiger partial charge in [-0.1, -0.05) is 6.07 Å². The second kappa shape index (κ2) is 8.55. The molecular weight excluding hydrogens is 394 g/mol. The van der Waals surface area contributed by atoms with E-state index in [2.05, 4.69) is 20.2 Å². The summed E-state index contributed by atoms with van der Waals surface area (Å²) in [6.45, 7) is 2.90. The van der Waals surface area contributed by atoms with Crippen LogP contribution in [0, 0.1) is 5.92 Å². The summed E-state index contributed by atoms with van der Waals surface area (Å²) in [5.74, 6) is 2.09. The summed E-state index contributed by atoms with van der Waals surface area (Å²) < 4.78 is 7.10. The van der Waals surface area contributed by atoms with Gasteiger partial charge in [-0.25, -0.2) is 4.98 Å². The molecule has 0 aromatic carbocycles. The Hall–Kier alpha value is -3.13. The molecule has 8 nitrogen and oxygen atoms in total. The number of H-pyrrole nitrogens is 1. The molecule has 3 aromatic rings. The third kappa shape index (κ3) is 4.07. The van der Waals surface area contributed by atoms with Gasteiger partial charge < -0.3 is 14.7 Å². The van der Waals surface area contributed by atoms with Crippen LogP contribution in [-0.2, 0) is 17.8 Å². The van der Waals surface area contributed by atoms with Gasteiger partial charge in [0.15, 0.2) is 0 Å². The Balaban J connectivity index is 1.33. The van der Waals surface area contributed by atoms with Crippen LogP contribution in [0.25, 0.3) is 0 Å². The van der Waals surface area contributed by atoms with Crippen molar-refractivity contribution in [1.82, 2.24) is 24.8 Å². The summed E-state index contributed by atoms with van der Waals surface area (Å²) in [6, 6.07) is 8.68. The normalized spacial score (nSPS) is 22.8. The first-order valence-electron chi connectivity index (χ1n) is 10.9. The summed E-state index contributed by atoms with van der Waals surface area (Å²) >= 11 is 0. The van der Waals surface area contributed by atoms with Crippen molar-refractivity contribution in [2.24, 2.45) is 5.92 Å². The summed E-state index contributed by atoms with van der Waals surface area (Å²) in [5, 5.41) is 3.07. The Bertz CT molecular complexity index is 1070. The average Bonchev–Trinajstić information content (AvgIpc) is 3.46. The van der Waals surface area contributed by atoms with E-state index in [0.29, 0.717) is 13.1 Å². The van der Waals surface area contributed by atoms with Crippen LogP contribution in [0.1, 0.15) is 42.1 Å². The number of imidazole rings is 1. The third-order valence-electron chi connectivity index (χ3n) is 6.40. The van der Waals surface area contributed by atoms with E-state index in [4.69, 9.17) is 4.42 Å². The zero-order chi connectivity index (χ0) is 21.2. The summed E-state index contributed by atoms with van der Waals surface area (Å²) in [4.78, 5) is 35.9. The van der Waals surface area contributed by atoms with Crippen LogP contribution in [0.3, 0.4) is 0 Å². The average molecular weight is 422 g/mol. The van der Waals surface area contributed by atoms with Gasteiger partial charge in [-0.15, -0.1) is 0 Å². The molecular formula is C23H27N5O3. The molecule has 0 unspecified atom stereocenters. The Kier molecular flexibility index (Phi) is 5.46. The lowest BCUT2D eigenvalue weighted by Crippen LogP contribution is -2.53. The molecule has 8 heteroatoms. The molecule has 3 atom stereocenters. The number of aromatic amines is 1. The van der Waals surface area contributed by atoms with Crippen LogP contribution in [0.15, 0.2) is 58.2 Å². The van der Waals surface area contributed by atoms with Crippen molar-refractivity contribution in [2.45, 2.75) is 37.8 Å². The molecule has 0 spiro atoms. The zero-order valence-electron chi connectivity index (χ0n) is 17.4. The number of aryl methyl sites for hydroxylation is 1. The van der Waals surface area contributed by atoms with Crippen LogP contribution in [0.5, 0.6) is 0 Å². The second-order valence-electron chi connectivity index (χ2n) is 8.50. The maximum atomic E-state index is 13.3. The van der Waals surface area contributed by atoms with E-state index in [1.807, 2.05) is 24.4 Å². The minimum absolute atomic E-state index is 0.0720. The van der Waals surface area contributed by atoms with Gasteiger partial charge in [0.25, 0.3) is 5.56 Å². The number of carbonyl (C=O) groups is 1. The number of rotatable bonds is 7. The number of hydrogen-bond donors (Lipinski definition) is 2. The van der Waals surface area contributed by atoms with Crippen molar-refractivity contribution in [3.63, 3.8) is 0 Å². The number of likely N-dealkylation sites (tertiary alicyclic amines) is 1. The van der Waals surface area contributed by atoms with E-state index in [1.54, 1.807) is 29.2 Å². The van der Waals surface area contributed by atoms with Crippen LogP contribution in [0.4, 0.5) is 0 Å². The fourth-order valence-corrected chi connectivity index (χ4v) is 5.12. The molecule has 2 aliphatic heterocycles. The van der Waals surface area contributed by atoms with Gasteiger partial charge in [0.2, 0.25) is 5.91 Å². The van der Waals surface area contributed by atoms with Crippen molar-refractivity contribution in [1.29, 1.82) is 0 Å². The number of fused-ring (bicyclic) bond motifs is 4. The minimum Gasteiger partial charge on any atom is -0.469 e. The van der Waals surface area contributed by atoms with Gasteiger partial charge in [-0.3, -0.25) is 19.1 Å². The number of pyridine rings is 1. The first kappa shape index (κ1) is 19.8. The topological polar surface area (TPSA) is 96.2 Å². The van der Waals surface area contributed by atoms with Crippen molar-refractivity contribution in [3.8, 4) is 0 Å². The molecule has 31 heavy (non-hydrogen) atoms. The maximum absolute atomic E-state index is 13.3. The lowest BCUT2D eigenvalue weighted by Gasteiger charge is -2.46. The number of carbonyl (C=O) groups excluding carboxylic acids is 1. The molecule has 0 saturated carbocycles. The van der Waals surface area contributed by atoms with Crippen molar-refractivity contribution >= 4 is 5.91 Å². The number of piperidine rings is 1. The predicted molar refractivity (Wildman–Crippen MR) is 114 cm³/mol. The molecule has 1 saturated heterocycles. The number of nitrogens with one attached hydrogen (secondary N) is 2. The van der Waals surface area contributed by atoms with Crippen LogP contribution in [0.2, 0.25) is 0 Å². The summed E-state index contributed by atoms with van der Waals surface area (Å²) in [6.07, 6.45) is 7.73. The Morgan fingerprint density at radius 3 is 3.00 bits per heavy atom. The smallest absolute Gasteiger partial charge is 0.251 e. The first-order valence-corrected chi connectivity index (χ1v) is 10.9. The molecule has 2 aliphatic rings. The van der Waals surface area contributed by atoms with E-state index < -0.39 is 6.04 Å². The highest BCUT2D eigenvalue weighted by molar-refractivity contribution is 5.81. The van der Waals surface area contributed by atoms with Crippen LogP contribution >= 0.6 is 0 Å². The van der Waals surface area contributed by atoms with Crippen LogP contribution < -0.4 is 10.9 Å². The van der Waals surface area contributed by atoms with Gasteiger partial charge in [-0.2, -0.15) is 0 Å². The molecule has 0 aliphatic carbocycles. The van der Waals surface area contributed by atoms with Gasteiger partial charge in [-0.05, 0) is 31.0 Å². The third-order valence-corrected chi connectivity index (χ3v) is 6.40. The Morgan fingerprint density at radius 1 is 1.26 bits per heavy atom. The Labute approximate surface area is 180 Å². The highest BCUT2D eigenvalue weighted by atomic mass is 16.3. The number of hydrogen-bond acceptors (Lipinski definition) is 5. The molecule has 0 radical (unpaired) electrons. The number of aromatic nitrogens is 3. The standard InChI is InChI=1S/C23H27N5O3/c29-21-7-1-6-19-16-12-17(14-27(13-16)15-20-24-9-10-25-20)22(28(19)21)23(30)26-8-2-4-18-5-3-11-31-18/h1,3,5-7,9-11,16-17,22H,2,4,8,12-15H2,(H,24,25)(H,26,30)/t16-,17+,22+/m0/s1. The lowest BCUT2D eigenvalue weighted by atomic mass is 9.78. The fraction of sp³-hybridized carbons (Fsp3) is 0.435. The van der Waals surface area contributed by atoms with Gasteiger partial charge in [0.05, 0.1) is 12.8 Å². The highest BCUT2D eigenvalue weighted by Crippen LogP contribution is 2.41. The van der Waals surface area contributed by atoms with E-state index in [9.17, 15) is 9.59 Å². The van der Waals surface area contributed by atoms with E-state index in [1.165, 1.54) is 0 Å². The van der Waals surface area contributed by atoms with E-state index in [-0.39, 0.29) is 23.3 Å². The highest BCUT2D eigenvalue weighted by Gasteiger charge is 2.43.